The number of carbonyl (C=O) groups excluding carboxylic acids is 3. The zero-order valence-corrected chi connectivity index (χ0v) is 37.8. The van der Waals surface area contributed by atoms with E-state index in [0.717, 1.165) is 12.7 Å². The highest BCUT2D eigenvalue weighted by Gasteiger charge is 2.56. The van der Waals surface area contributed by atoms with E-state index in [0.29, 0.717) is 62.7 Å². The number of allylic oxidation sites excluding steroid dienone is 5. The number of methoxy groups -OCH3 is 3. The molecule has 14 heteroatoms. The lowest BCUT2D eigenvalue weighted by Crippen LogP contribution is -2.64. The van der Waals surface area contributed by atoms with Crippen molar-refractivity contribution < 1.29 is 58.5 Å². The Bertz CT molecular complexity index is 1520. The van der Waals surface area contributed by atoms with Gasteiger partial charge < -0.3 is 54.4 Å². The van der Waals surface area contributed by atoms with Crippen LogP contribution in [0.4, 0.5) is 0 Å². The van der Waals surface area contributed by atoms with Gasteiger partial charge >= 0.3 is 5.97 Å². The number of fused-ring (bicyclic) bond motifs is 3. The van der Waals surface area contributed by atoms with Crippen molar-refractivity contribution in [1.29, 1.82) is 5.41 Å². The first kappa shape index (κ1) is 51.5. The molecule has 14 atom stereocenters. The summed E-state index contributed by atoms with van der Waals surface area (Å²) in [6.45, 7) is 11.4. The maximum atomic E-state index is 14.4. The van der Waals surface area contributed by atoms with Crippen molar-refractivity contribution in [2.45, 2.75) is 167 Å². The fourth-order valence-corrected chi connectivity index (χ4v) is 9.57. The minimum atomic E-state index is -2.49. The van der Waals surface area contributed by atoms with Crippen LogP contribution in [0.25, 0.3) is 0 Å². The van der Waals surface area contributed by atoms with E-state index < -0.39 is 77.9 Å². The van der Waals surface area contributed by atoms with Gasteiger partial charge in [-0.2, -0.15) is 0 Å². The number of nitrogens with zero attached hydrogens (tertiary/aromatic N) is 1. The second-order valence-electron chi connectivity index (χ2n) is 17.6. The highest BCUT2D eigenvalue weighted by molar-refractivity contribution is 6.39. The summed E-state index contributed by atoms with van der Waals surface area (Å²) in [6, 6.07) is -1.11. The standard InChI is InChI=1S/C45H72N2O11.CH4O/c1-10-11-14-32-20-26(2)19-27(3)21-38(55-8)41-39(56-9)23-29(5)45(53,58-41)42(50)43(51)47-18-13-12-15-34(47)44(52)57-40(30(6)36(49)25-33(32)46)28(4)22-31-16-17-35(48)37(24-31)54-7;1-2/h10-11,20,22,27,29-32,34-41,46,48-49,53H,12-19,21,23-25H2,1-9H3;2H,1H3/b11-10+,26-20+,28-22+,46-33?;/t27-,29+,30+,31-,32+,34-,35+,36-,37+,38-,39-,40+,41+,45+;/m0./s1. The lowest BCUT2D eigenvalue weighted by Gasteiger charge is -2.47. The monoisotopic (exact) mass is 849 g/mol. The van der Waals surface area contributed by atoms with Gasteiger partial charge in [0.25, 0.3) is 11.7 Å². The Balaban J connectivity index is 0.00000473. The van der Waals surface area contributed by atoms with E-state index in [9.17, 15) is 35.1 Å². The van der Waals surface area contributed by atoms with E-state index >= 15 is 0 Å². The van der Waals surface area contributed by atoms with Crippen LogP contribution in [0.3, 0.4) is 0 Å². The Labute approximate surface area is 358 Å². The van der Waals surface area contributed by atoms with Crippen LogP contribution in [0.15, 0.2) is 35.5 Å². The molecule has 3 heterocycles. The van der Waals surface area contributed by atoms with Crippen molar-refractivity contribution in [3.63, 3.8) is 0 Å². The van der Waals surface area contributed by atoms with E-state index in [1.165, 1.54) is 4.90 Å². The first-order valence-electron chi connectivity index (χ1n) is 21.9. The number of aliphatic hydroxyl groups excluding tert-OH is 3. The van der Waals surface area contributed by atoms with E-state index in [1.54, 1.807) is 35.2 Å². The van der Waals surface area contributed by atoms with Gasteiger partial charge in [-0.1, -0.05) is 50.6 Å². The molecule has 1 amide bonds. The first-order chi connectivity index (χ1) is 28.5. The van der Waals surface area contributed by atoms with Crippen LogP contribution in [-0.2, 0) is 38.1 Å². The lowest BCUT2D eigenvalue weighted by molar-refractivity contribution is -0.302. The maximum Gasteiger partial charge on any atom is 0.329 e. The Morgan fingerprint density at radius 1 is 0.933 bits per heavy atom. The third-order valence-electron chi connectivity index (χ3n) is 13.1. The molecule has 0 aromatic heterocycles. The Morgan fingerprint density at radius 3 is 2.22 bits per heavy atom. The second-order valence-corrected chi connectivity index (χ2v) is 17.6. The zero-order chi connectivity index (χ0) is 44.9. The van der Waals surface area contributed by atoms with E-state index in [-0.39, 0.29) is 49.7 Å². The number of nitrogens with one attached hydrogen (secondary N) is 1. The number of ketones is 1. The van der Waals surface area contributed by atoms with Crippen molar-refractivity contribution in [3.05, 3.63) is 35.5 Å². The molecule has 0 spiro atoms. The van der Waals surface area contributed by atoms with Gasteiger partial charge in [-0.3, -0.25) is 9.59 Å². The molecule has 0 unspecified atom stereocenters. The molecule has 0 aromatic rings. The topological polar surface area (TPSA) is 205 Å². The average Bonchev–Trinajstić information content (AvgIpc) is 3.24. The summed E-state index contributed by atoms with van der Waals surface area (Å²) in [5.74, 6) is -7.06. The van der Waals surface area contributed by atoms with Gasteiger partial charge in [-0.05, 0) is 102 Å². The van der Waals surface area contributed by atoms with E-state index in [1.807, 2.05) is 39.0 Å². The number of rotatable bonds is 7. The smallest absolute Gasteiger partial charge is 0.329 e. The molecule has 342 valence electrons. The fourth-order valence-electron chi connectivity index (χ4n) is 9.57. The molecule has 5 N–H and O–H groups in total. The minimum absolute atomic E-state index is 0.0170. The summed E-state index contributed by atoms with van der Waals surface area (Å²) in [5.41, 5.74) is 2.12. The SMILES string of the molecule is C/C=C/C[C@@H]1/C=C(\C)C[C@H](C)C[C@H](OC)[C@H]2O[C@@](O)(C(=O)C(=O)N3CCCC[C@H]3C(=O)O[C@H](/C(C)=C/[C@@H]3CC[C@@H](O)[C@H](OC)C3)[C@H](C)[C@@H](O)CC1=N)[C@H](C)C[C@@H]2OC.CO. The molecule has 14 nitrogen and oxygen atoms in total. The number of hydrogen-bond donors (Lipinski definition) is 5. The number of piperidine rings is 1. The third kappa shape index (κ3) is 12.9. The number of ether oxygens (including phenoxy) is 5. The fraction of sp³-hybridized carbons (Fsp3) is 0.783. The normalized spacial score (nSPS) is 39.4. The van der Waals surface area contributed by atoms with Crippen LogP contribution in [0, 0.1) is 35.0 Å². The number of Topliss-reactive ketones (excluding diaryl/α,β-unsaturated/α-hetero) is 1. The quantitative estimate of drug-likeness (QED) is 0.129. The maximum absolute atomic E-state index is 14.4. The van der Waals surface area contributed by atoms with Crippen LogP contribution >= 0.6 is 0 Å². The van der Waals surface area contributed by atoms with Crippen molar-refractivity contribution in [3.8, 4) is 0 Å². The van der Waals surface area contributed by atoms with Crippen LogP contribution in [0.1, 0.15) is 112 Å². The molecule has 1 saturated carbocycles. The van der Waals surface area contributed by atoms with Crippen molar-refractivity contribution in [2.24, 2.45) is 29.6 Å². The van der Waals surface area contributed by atoms with Crippen LogP contribution in [0.2, 0.25) is 0 Å². The molecule has 0 radical (unpaired) electrons. The molecule has 3 fully saturated rings. The Hall–Kier alpha value is -2.82. The summed E-state index contributed by atoms with van der Waals surface area (Å²) in [4.78, 5) is 44.1. The molecule has 4 rings (SSSR count). The molecular weight excluding hydrogens is 773 g/mol. The van der Waals surface area contributed by atoms with Gasteiger partial charge in [-0.15, -0.1) is 0 Å². The summed E-state index contributed by atoms with van der Waals surface area (Å²) in [6.07, 6.45) is 8.41. The molecule has 2 bridgehead atoms. The molecule has 2 saturated heterocycles. The van der Waals surface area contributed by atoms with Gasteiger partial charge in [0.05, 0.1) is 30.5 Å². The van der Waals surface area contributed by atoms with Crippen molar-refractivity contribution in [2.75, 3.05) is 35.0 Å². The second kappa shape index (κ2) is 24.1. The highest BCUT2D eigenvalue weighted by atomic mass is 16.7. The molecule has 0 aromatic carbocycles. The summed E-state index contributed by atoms with van der Waals surface area (Å²) < 4.78 is 29.9. The number of hydrogen-bond acceptors (Lipinski definition) is 13. The highest BCUT2D eigenvalue weighted by Crippen LogP contribution is 2.39. The molecular formula is C46H76N2O12. The number of carbonyl (C=O) groups is 3. The van der Waals surface area contributed by atoms with Gasteiger partial charge in [-0.25, -0.2) is 4.79 Å². The number of esters is 1. The van der Waals surface area contributed by atoms with Gasteiger partial charge in [0, 0.05) is 64.9 Å². The van der Waals surface area contributed by atoms with Crippen LogP contribution < -0.4 is 0 Å². The van der Waals surface area contributed by atoms with E-state index in [4.69, 9.17) is 28.8 Å². The van der Waals surface area contributed by atoms with E-state index in [2.05, 4.69) is 13.0 Å². The van der Waals surface area contributed by atoms with Crippen LogP contribution in [0.5, 0.6) is 0 Å². The molecule has 3 aliphatic heterocycles. The molecule has 4 aliphatic rings. The number of cyclic esters (lactones) is 1. The minimum Gasteiger partial charge on any atom is -0.456 e. The Morgan fingerprint density at radius 2 is 1.58 bits per heavy atom. The Kier molecular flexibility index (Phi) is 20.7. The predicted molar refractivity (Wildman–Crippen MR) is 228 cm³/mol. The van der Waals surface area contributed by atoms with Crippen molar-refractivity contribution in [1.82, 2.24) is 4.90 Å². The summed E-state index contributed by atoms with van der Waals surface area (Å²) in [5, 5.41) is 50.6. The number of amides is 1. The third-order valence-corrected chi connectivity index (χ3v) is 13.1. The van der Waals surface area contributed by atoms with Gasteiger partial charge in [0.15, 0.2) is 0 Å². The molecule has 1 aliphatic carbocycles. The largest absolute Gasteiger partial charge is 0.456 e. The summed E-state index contributed by atoms with van der Waals surface area (Å²) in [7, 11) is 5.67. The summed E-state index contributed by atoms with van der Waals surface area (Å²) >= 11 is 0. The first-order valence-corrected chi connectivity index (χ1v) is 21.9. The van der Waals surface area contributed by atoms with Crippen molar-refractivity contribution >= 4 is 23.4 Å². The zero-order valence-electron chi connectivity index (χ0n) is 37.8. The predicted octanol–water partition coefficient (Wildman–Crippen LogP) is 5.09. The lowest BCUT2D eigenvalue weighted by atomic mass is 9.81. The number of aliphatic hydroxyl groups is 4. The van der Waals surface area contributed by atoms with Crippen LogP contribution in [-0.4, -0.2) is 138 Å². The van der Waals surface area contributed by atoms with Gasteiger partial charge in [0.2, 0.25) is 5.79 Å². The molecule has 60 heavy (non-hydrogen) atoms. The average molecular weight is 849 g/mol. The van der Waals surface area contributed by atoms with Gasteiger partial charge in [0.1, 0.15) is 18.2 Å².